The molecule has 0 aliphatic carbocycles. The van der Waals surface area contributed by atoms with Crippen molar-refractivity contribution >= 4 is 16.9 Å². The minimum absolute atomic E-state index is 0.0527. The van der Waals surface area contributed by atoms with Crippen molar-refractivity contribution < 1.29 is 22.7 Å². The van der Waals surface area contributed by atoms with Crippen molar-refractivity contribution in [1.29, 1.82) is 0 Å². The average molecular weight is 495 g/mol. The molecule has 0 radical (unpaired) electrons. The summed E-state index contributed by atoms with van der Waals surface area (Å²) in [4.78, 5) is 28.7. The lowest BCUT2D eigenvalue weighted by Gasteiger charge is -2.25. The van der Waals surface area contributed by atoms with Gasteiger partial charge in [0, 0.05) is 6.54 Å². The molecule has 1 aliphatic heterocycles. The van der Waals surface area contributed by atoms with Crippen LogP contribution in [-0.4, -0.2) is 10.8 Å². The van der Waals surface area contributed by atoms with Crippen LogP contribution in [0, 0.1) is 11.6 Å². The van der Waals surface area contributed by atoms with E-state index in [1.165, 1.54) is 29.2 Å². The van der Waals surface area contributed by atoms with Gasteiger partial charge < -0.3 is 14.1 Å². The first-order valence-corrected chi connectivity index (χ1v) is 11.6. The van der Waals surface area contributed by atoms with Crippen LogP contribution in [0.25, 0.3) is 11.0 Å². The molecule has 1 atom stereocenters. The third-order valence-electron chi connectivity index (χ3n) is 6.35. The summed E-state index contributed by atoms with van der Waals surface area (Å²) in [6.45, 7) is 0.0991. The van der Waals surface area contributed by atoms with Crippen molar-refractivity contribution in [3.63, 3.8) is 0 Å². The predicted molar refractivity (Wildman–Crippen MR) is 134 cm³/mol. The zero-order valence-electron chi connectivity index (χ0n) is 19.4. The highest BCUT2D eigenvalue weighted by Crippen LogP contribution is 2.40. The Morgan fingerprint density at radius 1 is 0.784 bits per heavy atom. The summed E-state index contributed by atoms with van der Waals surface area (Å²) in [6.07, 6.45) is 0. The predicted octanol–water partition coefficient (Wildman–Crippen LogP) is 6.61. The topological polar surface area (TPSA) is 59.8 Å². The summed E-state index contributed by atoms with van der Waals surface area (Å²) >= 11 is 0. The molecule has 0 N–H and O–H groups in total. The van der Waals surface area contributed by atoms with Crippen LogP contribution in [-0.2, 0) is 6.54 Å². The van der Waals surface area contributed by atoms with Crippen LogP contribution in [0.4, 0.5) is 8.78 Å². The molecule has 0 saturated carbocycles. The van der Waals surface area contributed by atoms with Crippen molar-refractivity contribution in [2.45, 2.75) is 12.6 Å². The number of rotatable bonds is 5. The van der Waals surface area contributed by atoms with E-state index >= 15 is 0 Å². The number of fused-ring (bicyclic) bond motifs is 2. The fourth-order valence-corrected chi connectivity index (χ4v) is 4.66. The second-order valence-corrected chi connectivity index (χ2v) is 8.76. The summed E-state index contributed by atoms with van der Waals surface area (Å²) in [5.74, 6) is -0.406. The van der Waals surface area contributed by atoms with Crippen molar-refractivity contribution in [3.05, 3.63) is 141 Å². The van der Waals surface area contributed by atoms with Crippen LogP contribution in [0.5, 0.6) is 11.5 Å². The number of carbonyl (C=O) groups excluding carboxylic acids is 1. The molecule has 1 amide bonds. The lowest BCUT2D eigenvalue weighted by atomic mass is 9.98. The van der Waals surface area contributed by atoms with Gasteiger partial charge in [0.2, 0.25) is 5.76 Å². The molecule has 5 nitrogen and oxygen atoms in total. The average Bonchev–Trinajstić information content (AvgIpc) is 3.18. The number of nitrogens with zero attached hydrogens (tertiary/aromatic N) is 1. The van der Waals surface area contributed by atoms with E-state index in [4.69, 9.17) is 9.15 Å². The SMILES string of the molecule is O=C1c2oc3ccc(F)cc3c(=O)c2C(c2cccc(Oc3ccccc3)c2)N1Cc1ccc(F)cc1. The van der Waals surface area contributed by atoms with E-state index in [1.54, 1.807) is 36.4 Å². The van der Waals surface area contributed by atoms with Crippen LogP contribution in [0.2, 0.25) is 0 Å². The van der Waals surface area contributed by atoms with Gasteiger partial charge in [-0.3, -0.25) is 9.59 Å². The first-order valence-electron chi connectivity index (χ1n) is 11.6. The van der Waals surface area contributed by atoms with E-state index in [9.17, 15) is 18.4 Å². The van der Waals surface area contributed by atoms with Crippen LogP contribution < -0.4 is 10.2 Å². The molecule has 0 spiro atoms. The minimum atomic E-state index is -0.823. The number of carbonyl (C=O) groups is 1. The fraction of sp³-hybridized carbons (Fsp3) is 0.0667. The fourth-order valence-electron chi connectivity index (χ4n) is 4.66. The Labute approximate surface area is 210 Å². The Morgan fingerprint density at radius 2 is 1.51 bits per heavy atom. The second-order valence-electron chi connectivity index (χ2n) is 8.76. The number of hydrogen-bond donors (Lipinski definition) is 0. The summed E-state index contributed by atoms with van der Waals surface area (Å²) in [6, 6.07) is 24.9. The van der Waals surface area contributed by atoms with Crippen LogP contribution in [0.15, 0.2) is 106 Å². The quantitative estimate of drug-likeness (QED) is 0.275. The maximum atomic E-state index is 14.0. The highest BCUT2D eigenvalue weighted by atomic mass is 19.1. The van der Waals surface area contributed by atoms with E-state index in [-0.39, 0.29) is 28.8 Å². The van der Waals surface area contributed by atoms with Gasteiger partial charge in [-0.15, -0.1) is 0 Å². The largest absolute Gasteiger partial charge is 0.457 e. The third-order valence-corrected chi connectivity index (χ3v) is 6.35. The van der Waals surface area contributed by atoms with E-state index < -0.39 is 29.0 Å². The van der Waals surface area contributed by atoms with Gasteiger partial charge in [0.25, 0.3) is 5.91 Å². The van der Waals surface area contributed by atoms with E-state index in [0.29, 0.717) is 22.6 Å². The van der Waals surface area contributed by atoms with Crippen LogP contribution in [0.3, 0.4) is 0 Å². The Bertz CT molecular complexity index is 1700. The van der Waals surface area contributed by atoms with Gasteiger partial charge in [0.1, 0.15) is 28.7 Å². The highest BCUT2D eigenvalue weighted by molar-refractivity contribution is 5.99. The molecule has 2 heterocycles. The van der Waals surface area contributed by atoms with Crippen molar-refractivity contribution in [3.8, 4) is 11.5 Å². The molecule has 5 aromatic rings. The van der Waals surface area contributed by atoms with Gasteiger partial charge in [-0.1, -0.05) is 42.5 Å². The summed E-state index contributed by atoms with van der Waals surface area (Å²) in [7, 11) is 0. The lowest BCUT2D eigenvalue weighted by Crippen LogP contribution is -2.29. The van der Waals surface area contributed by atoms with Gasteiger partial charge in [0.05, 0.1) is 17.0 Å². The number of hydrogen-bond acceptors (Lipinski definition) is 4. The Morgan fingerprint density at radius 3 is 2.30 bits per heavy atom. The lowest BCUT2D eigenvalue weighted by molar-refractivity contribution is 0.0714. The second kappa shape index (κ2) is 9.02. The molecule has 1 aliphatic rings. The smallest absolute Gasteiger partial charge is 0.291 e. The highest BCUT2D eigenvalue weighted by Gasteiger charge is 2.42. The third kappa shape index (κ3) is 4.14. The van der Waals surface area contributed by atoms with Crippen molar-refractivity contribution in [2.24, 2.45) is 0 Å². The maximum absolute atomic E-state index is 14.0. The molecule has 182 valence electrons. The van der Waals surface area contributed by atoms with Gasteiger partial charge in [-0.2, -0.15) is 0 Å². The molecular weight excluding hydrogens is 476 g/mol. The number of benzene rings is 4. The zero-order valence-corrected chi connectivity index (χ0v) is 19.4. The Hall–Kier alpha value is -4.78. The molecular formula is C30H19F2NO4. The summed E-state index contributed by atoms with van der Waals surface area (Å²) in [5, 5.41) is 0.0527. The number of halogens is 2. The van der Waals surface area contributed by atoms with Gasteiger partial charge in [-0.05, 0) is 65.7 Å². The normalized spacial score (nSPS) is 14.7. The first kappa shape index (κ1) is 22.7. The molecule has 37 heavy (non-hydrogen) atoms. The summed E-state index contributed by atoms with van der Waals surface area (Å²) in [5.41, 5.74) is 1.06. The Kier molecular flexibility index (Phi) is 5.53. The van der Waals surface area contributed by atoms with Gasteiger partial charge in [-0.25, -0.2) is 8.78 Å². The van der Waals surface area contributed by atoms with Crippen molar-refractivity contribution in [1.82, 2.24) is 4.90 Å². The van der Waals surface area contributed by atoms with Crippen molar-refractivity contribution in [2.75, 3.05) is 0 Å². The number of para-hydroxylation sites is 1. The van der Waals surface area contributed by atoms with Gasteiger partial charge >= 0.3 is 0 Å². The van der Waals surface area contributed by atoms with Crippen LogP contribution in [0.1, 0.15) is 33.3 Å². The molecule has 4 aromatic carbocycles. The van der Waals surface area contributed by atoms with Gasteiger partial charge in [0.15, 0.2) is 5.43 Å². The molecule has 0 saturated heterocycles. The molecule has 6 rings (SSSR count). The summed E-state index contributed by atoms with van der Waals surface area (Å²) < 4.78 is 39.4. The molecule has 7 heteroatoms. The molecule has 1 aromatic heterocycles. The standard InChI is InChI=1S/C30H19F2NO4/c31-20-11-9-18(10-12-20)17-33-27(19-5-4-8-23(15-19)36-22-6-2-1-3-7-22)26-28(34)24-16-21(32)13-14-25(24)37-29(26)30(33)35/h1-16,27H,17H2. The number of ether oxygens (including phenoxy) is 1. The molecule has 1 unspecified atom stereocenters. The van der Waals surface area contributed by atoms with E-state index in [2.05, 4.69) is 0 Å². The minimum Gasteiger partial charge on any atom is -0.457 e. The monoisotopic (exact) mass is 495 g/mol. The Balaban J connectivity index is 1.50. The zero-order chi connectivity index (χ0) is 25.5. The maximum Gasteiger partial charge on any atom is 0.291 e. The van der Waals surface area contributed by atoms with E-state index in [1.807, 2.05) is 30.3 Å². The molecule has 0 bridgehead atoms. The first-order chi connectivity index (χ1) is 18.0. The molecule has 0 fully saturated rings. The van der Waals surface area contributed by atoms with Crippen LogP contribution >= 0.6 is 0 Å². The van der Waals surface area contributed by atoms with E-state index in [0.717, 1.165) is 6.07 Å². The number of amides is 1.